The molecular weight excluding hydrogens is 365 g/mol. The molecule has 2 aromatic carbocycles. The Labute approximate surface area is 153 Å². The van der Waals surface area contributed by atoms with E-state index in [2.05, 4.69) is 15.5 Å². The van der Waals surface area contributed by atoms with Crippen LogP contribution in [0.3, 0.4) is 0 Å². The Balaban J connectivity index is 1.92. The number of amides is 1. The Morgan fingerprint density at radius 1 is 1.32 bits per heavy atom. The number of phenols is 1. The summed E-state index contributed by atoms with van der Waals surface area (Å²) >= 11 is 12.0. The van der Waals surface area contributed by atoms with E-state index in [-0.39, 0.29) is 11.5 Å². The van der Waals surface area contributed by atoms with E-state index in [1.54, 1.807) is 24.3 Å². The van der Waals surface area contributed by atoms with Crippen molar-refractivity contribution in [3.8, 4) is 11.5 Å². The Kier molecular flexibility index (Phi) is 4.92. The highest BCUT2D eigenvalue weighted by atomic mass is 35.5. The second-order valence-corrected chi connectivity index (χ2v) is 5.93. The lowest BCUT2D eigenvalue weighted by atomic mass is 10.1. The second kappa shape index (κ2) is 7.13. The van der Waals surface area contributed by atoms with Crippen LogP contribution in [0.1, 0.15) is 18.1 Å². The molecule has 0 bridgehead atoms. The van der Waals surface area contributed by atoms with Gasteiger partial charge in [-0.25, -0.2) is 0 Å². The number of benzene rings is 2. The summed E-state index contributed by atoms with van der Waals surface area (Å²) in [6.07, 6.45) is 1.34. The number of carbonyl (C=O) groups excluding carboxylic acids is 1. The van der Waals surface area contributed by atoms with Crippen LogP contribution in [-0.4, -0.2) is 29.5 Å². The van der Waals surface area contributed by atoms with Gasteiger partial charge in [0, 0.05) is 16.1 Å². The van der Waals surface area contributed by atoms with Crippen molar-refractivity contribution < 1.29 is 14.6 Å². The number of carbonyl (C=O) groups is 1. The van der Waals surface area contributed by atoms with Gasteiger partial charge in [-0.2, -0.15) is 5.10 Å². The number of rotatable bonds is 4. The van der Waals surface area contributed by atoms with Crippen molar-refractivity contribution in [2.45, 2.75) is 6.92 Å². The zero-order chi connectivity index (χ0) is 18.0. The maximum atomic E-state index is 12.1. The third kappa shape index (κ3) is 3.45. The molecule has 0 unspecified atom stereocenters. The molecule has 0 aromatic heterocycles. The lowest BCUT2D eigenvalue weighted by molar-refractivity contribution is -0.110. The predicted octanol–water partition coefficient (Wildman–Crippen LogP) is 3.87. The van der Waals surface area contributed by atoms with Crippen molar-refractivity contribution >= 4 is 46.7 Å². The van der Waals surface area contributed by atoms with Crippen LogP contribution in [0.15, 0.2) is 40.5 Å². The van der Waals surface area contributed by atoms with E-state index < -0.39 is 5.91 Å². The molecule has 0 atom stereocenters. The van der Waals surface area contributed by atoms with Gasteiger partial charge in [-0.05, 0) is 31.2 Å². The van der Waals surface area contributed by atoms with Gasteiger partial charge in [0.2, 0.25) is 0 Å². The predicted molar refractivity (Wildman–Crippen MR) is 98.5 cm³/mol. The summed E-state index contributed by atoms with van der Waals surface area (Å²) in [7, 11) is 0. The molecule has 1 amide bonds. The molecule has 2 N–H and O–H groups in total. The second-order valence-electron chi connectivity index (χ2n) is 5.08. The summed E-state index contributed by atoms with van der Waals surface area (Å²) in [5.41, 5.74) is 1.44. The van der Waals surface area contributed by atoms with Crippen molar-refractivity contribution in [1.29, 1.82) is 0 Å². The molecule has 0 fully saturated rings. The van der Waals surface area contributed by atoms with Crippen LogP contribution in [0, 0.1) is 0 Å². The summed E-state index contributed by atoms with van der Waals surface area (Å²) in [6.45, 7) is 2.24. The average Bonchev–Trinajstić information content (AvgIpc) is 2.88. The van der Waals surface area contributed by atoms with E-state index in [0.29, 0.717) is 39.2 Å². The highest BCUT2D eigenvalue weighted by Crippen LogP contribution is 2.34. The summed E-state index contributed by atoms with van der Waals surface area (Å²) in [5.74, 6) is -0.124. The highest BCUT2D eigenvalue weighted by molar-refractivity contribution is 6.56. The third-order valence-electron chi connectivity index (χ3n) is 3.45. The number of fused-ring (bicyclic) bond motifs is 1. The van der Waals surface area contributed by atoms with Gasteiger partial charge in [0.1, 0.15) is 0 Å². The smallest absolute Gasteiger partial charge is 0.276 e. The van der Waals surface area contributed by atoms with Crippen LogP contribution < -0.4 is 10.1 Å². The highest BCUT2D eigenvalue weighted by Gasteiger charge is 2.28. The zero-order valence-electron chi connectivity index (χ0n) is 13.1. The van der Waals surface area contributed by atoms with Crippen molar-refractivity contribution in [2.24, 2.45) is 10.2 Å². The molecule has 2 aromatic rings. The molecule has 0 saturated heterocycles. The molecular formula is C17H13Cl2N3O3. The fraction of sp³-hybridized carbons (Fsp3) is 0.118. The molecule has 1 aliphatic rings. The van der Waals surface area contributed by atoms with Crippen molar-refractivity contribution in [3.63, 3.8) is 0 Å². The van der Waals surface area contributed by atoms with Gasteiger partial charge < -0.3 is 15.2 Å². The summed E-state index contributed by atoms with van der Waals surface area (Å²) < 4.78 is 5.31. The van der Waals surface area contributed by atoms with Gasteiger partial charge in [0.05, 0.1) is 23.5 Å². The molecule has 0 radical (unpaired) electrons. The van der Waals surface area contributed by atoms with Crippen molar-refractivity contribution in [3.05, 3.63) is 51.5 Å². The van der Waals surface area contributed by atoms with Crippen LogP contribution in [0.25, 0.3) is 0 Å². The van der Waals surface area contributed by atoms with E-state index >= 15 is 0 Å². The fourth-order valence-corrected chi connectivity index (χ4v) is 2.89. The maximum Gasteiger partial charge on any atom is 0.276 e. The fourth-order valence-electron chi connectivity index (χ4n) is 2.35. The number of halogens is 2. The molecule has 128 valence electrons. The van der Waals surface area contributed by atoms with E-state index in [4.69, 9.17) is 27.9 Å². The molecule has 25 heavy (non-hydrogen) atoms. The summed E-state index contributed by atoms with van der Waals surface area (Å²) in [4.78, 5) is 12.1. The van der Waals surface area contributed by atoms with E-state index in [1.165, 1.54) is 12.3 Å². The van der Waals surface area contributed by atoms with Gasteiger partial charge in [0.15, 0.2) is 17.2 Å². The lowest BCUT2D eigenvalue weighted by Crippen LogP contribution is -2.13. The first kappa shape index (κ1) is 17.3. The Morgan fingerprint density at radius 2 is 2.12 bits per heavy atom. The monoisotopic (exact) mass is 377 g/mol. The standard InChI is InChI=1S/C17H13Cl2N3O3/c1-2-25-13-5-3-4-9(16(13)23)8-20-22-15-11-6-10(18)7-12(19)14(11)21-17(15)24/h3-8,23H,2H2,1H3,(H,21,22,24)/b20-8-. The first-order valence-corrected chi connectivity index (χ1v) is 8.13. The van der Waals surface area contributed by atoms with Crippen LogP contribution in [0.4, 0.5) is 5.69 Å². The Morgan fingerprint density at radius 3 is 2.88 bits per heavy atom. The topological polar surface area (TPSA) is 83.3 Å². The average molecular weight is 378 g/mol. The van der Waals surface area contributed by atoms with Gasteiger partial charge in [-0.3, -0.25) is 4.79 Å². The quantitative estimate of drug-likeness (QED) is 0.626. The molecule has 0 saturated carbocycles. The molecule has 3 rings (SSSR count). The molecule has 1 heterocycles. The first-order chi connectivity index (χ1) is 12.0. The SMILES string of the molecule is CCOc1cccc(/C=N\N=C2C(=O)Nc3c(Cl)cc(Cl)cc32)c1O. The first-order valence-electron chi connectivity index (χ1n) is 7.37. The number of phenolic OH excluding ortho intramolecular Hbond substituents is 1. The third-order valence-corrected chi connectivity index (χ3v) is 3.96. The molecule has 6 nitrogen and oxygen atoms in total. The van der Waals surface area contributed by atoms with E-state index in [1.807, 2.05) is 6.92 Å². The summed E-state index contributed by atoms with van der Waals surface area (Å²) in [5, 5.41) is 21.3. The number of anilines is 1. The largest absolute Gasteiger partial charge is 0.504 e. The normalized spacial score (nSPS) is 14.8. The van der Waals surface area contributed by atoms with Crippen molar-refractivity contribution in [1.82, 2.24) is 0 Å². The van der Waals surface area contributed by atoms with Crippen LogP contribution in [-0.2, 0) is 4.79 Å². The van der Waals surface area contributed by atoms with E-state index in [0.717, 1.165) is 0 Å². The number of hydrogen-bond donors (Lipinski definition) is 2. The molecule has 1 aliphatic heterocycles. The number of nitrogens with zero attached hydrogens (tertiary/aromatic N) is 2. The van der Waals surface area contributed by atoms with Crippen LogP contribution in [0.2, 0.25) is 10.0 Å². The lowest BCUT2D eigenvalue weighted by Gasteiger charge is -2.06. The van der Waals surface area contributed by atoms with Crippen molar-refractivity contribution in [2.75, 3.05) is 11.9 Å². The molecule has 8 heteroatoms. The number of aromatic hydroxyl groups is 1. The number of para-hydroxylation sites is 1. The van der Waals surface area contributed by atoms with Gasteiger partial charge in [-0.15, -0.1) is 5.10 Å². The van der Waals surface area contributed by atoms with Crippen LogP contribution in [0.5, 0.6) is 11.5 Å². The number of nitrogens with one attached hydrogen (secondary N) is 1. The Hall–Kier alpha value is -2.57. The minimum absolute atomic E-state index is 0.0457. The van der Waals surface area contributed by atoms with E-state index in [9.17, 15) is 9.90 Å². The van der Waals surface area contributed by atoms with Crippen LogP contribution >= 0.6 is 23.2 Å². The maximum absolute atomic E-state index is 12.1. The minimum atomic E-state index is -0.427. The molecule has 0 spiro atoms. The Bertz CT molecular complexity index is 910. The zero-order valence-corrected chi connectivity index (χ0v) is 14.6. The number of hydrogen-bond acceptors (Lipinski definition) is 5. The van der Waals surface area contributed by atoms with Gasteiger partial charge >= 0.3 is 0 Å². The summed E-state index contributed by atoms with van der Waals surface area (Å²) in [6, 6.07) is 8.13. The minimum Gasteiger partial charge on any atom is -0.504 e. The van der Waals surface area contributed by atoms with Gasteiger partial charge in [-0.1, -0.05) is 29.3 Å². The molecule has 0 aliphatic carbocycles. The number of ether oxygens (including phenoxy) is 1. The van der Waals surface area contributed by atoms with Gasteiger partial charge in [0.25, 0.3) is 5.91 Å².